The Bertz CT molecular complexity index is 939. The molecule has 1 atom stereocenters. The predicted octanol–water partition coefficient (Wildman–Crippen LogP) is 6.06. The van der Waals surface area contributed by atoms with Crippen molar-refractivity contribution in [2.75, 3.05) is 5.75 Å². The second kappa shape index (κ2) is 12.5. The number of nitrogens with one attached hydrogen (secondary N) is 1. The Morgan fingerprint density at radius 1 is 1.06 bits per heavy atom. The van der Waals surface area contributed by atoms with Crippen LogP contribution in [0.1, 0.15) is 61.3 Å². The summed E-state index contributed by atoms with van der Waals surface area (Å²) < 4.78 is 0. The molecule has 4 nitrogen and oxygen atoms in total. The molecule has 2 aromatic carbocycles. The van der Waals surface area contributed by atoms with Crippen LogP contribution in [0, 0.1) is 13.8 Å². The lowest BCUT2D eigenvalue weighted by atomic mass is 9.95. The van der Waals surface area contributed by atoms with Crippen molar-refractivity contribution < 1.29 is 9.59 Å². The number of benzene rings is 2. The molecule has 0 bridgehead atoms. The minimum Gasteiger partial charge on any atom is -0.352 e. The number of amides is 2. The molecule has 1 saturated carbocycles. The summed E-state index contributed by atoms with van der Waals surface area (Å²) in [6.45, 7) is 6.37. The smallest absolute Gasteiger partial charge is 0.242 e. The molecule has 2 aromatic rings. The average Bonchev–Trinajstić information content (AvgIpc) is 2.77. The highest BCUT2D eigenvalue weighted by Crippen LogP contribution is 2.21. The molecule has 178 valence electrons. The van der Waals surface area contributed by atoms with Crippen molar-refractivity contribution in [3.8, 4) is 0 Å². The highest BCUT2D eigenvalue weighted by Gasteiger charge is 2.28. The Morgan fingerprint density at radius 3 is 2.42 bits per heavy atom. The first-order valence-corrected chi connectivity index (χ1v) is 13.3. The maximum absolute atomic E-state index is 13.3. The van der Waals surface area contributed by atoms with Gasteiger partial charge in [-0.05, 0) is 56.9 Å². The first kappa shape index (κ1) is 25.6. The Morgan fingerprint density at radius 2 is 1.76 bits per heavy atom. The largest absolute Gasteiger partial charge is 0.352 e. The van der Waals surface area contributed by atoms with Crippen molar-refractivity contribution in [3.05, 3.63) is 69.7 Å². The van der Waals surface area contributed by atoms with Crippen molar-refractivity contribution in [1.82, 2.24) is 10.2 Å². The summed E-state index contributed by atoms with van der Waals surface area (Å²) in [5, 5.41) is 3.81. The molecule has 1 fully saturated rings. The van der Waals surface area contributed by atoms with E-state index in [4.69, 9.17) is 11.6 Å². The highest BCUT2D eigenvalue weighted by atomic mass is 35.5. The van der Waals surface area contributed by atoms with Gasteiger partial charge in [-0.1, -0.05) is 72.3 Å². The first-order chi connectivity index (χ1) is 15.8. The van der Waals surface area contributed by atoms with E-state index in [9.17, 15) is 9.59 Å². The molecular weight excluding hydrogens is 452 g/mol. The summed E-state index contributed by atoms with van der Waals surface area (Å²) in [5.74, 6) is 0.989. The molecule has 3 rings (SSSR count). The van der Waals surface area contributed by atoms with Crippen LogP contribution in [-0.2, 0) is 21.9 Å². The zero-order chi connectivity index (χ0) is 23.8. The molecule has 1 aliphatic carbocycles. The van der Waals surface area contributed by atoms with Gasteiger partial charge >= 0.3 is 0 Å². The van der Waals surface area contributed by atoms with Gasteiger partial charge in [-0.3, -0.25) is 9.59 Å². The van der Waals surface area contributed by atoms with E-state index in [0.29, 0.717) is 17.3 Å². The summed E-state index contributed by atoms with van der Waals surface area (Å²) in [5.41, 5.74) is 4.60. The zero-order valence-electron chi connectivity index (χ0n) is 19.9. The van der Waals surface area contributed by atoms with Crippen LogP contribution in [0.5, 0.6) is 0 Å². The lowest BCUT2D eigenvalue weighted by Crippen LogP contribution is -2.50. The van der Waals surface area contributed by atoms with E-state index in [-0.39, 0.29) is 17.9 Å². The molecular formula is C27H35ClN2O2S. The third-order valence-electron chi connectivity index (χ3n) is 6.14. The number of nitrogens with zero attached hydrogens (tertiary/aromatic N) is 1. The van der Waals surface area contributed by atoms with Gasteiger partial charge in [0.05, 0.1) is 5.75 Å². The molecule has 0 saturated heterocycles. The fourth-order valence-electron chi connectivity index (χ4n) is 4.47. The zero-order valence-corrected chi connectivity index (χ0v) is 21.5. The highest BCUT2D eigenvalue weighted by molar-refractivity contribution is 7.99. The van der Waals surface area contributed by atoms with Crippen molar-refractivity contribution in [1.29, 1.82) is 0 Å². The van der Waals surface area contributed by atoms with Crippen LogP contribution in [0.2, 0.25) is 5.02 Å². The van der Waals surface area contributed by atoms with Gasteiger partial charge in [-0.15, -0.1) is 11.8 Å². The van der Waals surface area contributed by atoms with Crippen LogP contribution in [-0.4, -0.2) is 34.6 Å². The van der Waals surface area contributed by atoms with E-state index in [1.165, 1.54) is 23.1 Å². The summed E-state index contributed by atoms with van der Waals surface area (Å²) >= 11 is 7.76. The molecule has 1 unspecified atom stereocenters. The van der Waals surface area contributed by atoms with E-state index in [0.717, 1.165) is 37.0 Å². The molecule has 0 radical (unpaired) electrons. The van der Waals surface area contributed by atoms with Gasteiger partial charge in [0.1, 0.15) is 6.04 Å². The minimum absolute atomic E-state index is 0.0318. The molecule has 1 N–H and O–H groups in total. The third-order valence-corrected chi connectivity index (χ3v) is 7.36. The summed E-state index contributed by atoms with van der Waals surface area (Å²) in [7, 11) is 0. The lowest BCUT2D eigenvalue weighted by Gasteiger charge is -2.31. The van der Waals surface area contributed by atoms with E-state index >= 15 is 0 Å². The number of hydrogen-bond donors (Lipinski definition) is 1. The number of rotatable bonds is 9. The number of carbonyl (C=O) groups excluding carboxylic acids is 2. The van der Waals surface area contributed by atoms with Crippen molar-refractivity contribution in [2.45, 2.75) is 77.3 Å². The summed E-state index contributed by atoms with van der Waals surface area (Å²) in [4.78, 5) is 28.0. The van der Waals surface area contributed by atoms with Crippen molar-refractivity contribution in [3.63, 3.8) is 0 Å². The standard InChI is InChI=1S/C27H35ClN2O2S/c1-19-12-20(2)14-23(13-19)17-33-18-26(31)30(16-22-8-7-9-24(28)15-22)21(3)27(32)29-25-10-5-4-6-11-25/h7-9,12-15,21,25H,4-6,10-11,16-18H2,1-3H3,(H,29,32). The quantitative estimate of drug-likeness (QED) is 0.469. The minimum atomic E-state index is -0.541. The van der Waals surface area contributed by atoms with Crippen LogP contribution in [0.3, 0.4) is 0 Å². The third kappa shape index (κ3) is 8.08. The molecule has 0 aromatic heterocycles. The van der Waals surface area contributed by atoms with Gasteiger partial charge < -0.3 is 10.2 Å². The Kier molecular flexibility index (Phi) is 9.69. The van der Waals surface area contributed by atoms with Crippen LogP contribution in [0.25, 0.3) is 0 Å². The molecule has 0 spiro atoms. The van der Waals surface area contributed by atoms with Crippen molar-refractivity contribution >= 4 is 35.2 Å². The molecule has 33 heavy (non-hydrogen) atoms. The van der Waals surface area contributed by atoms with E-state index in [1.807, 2.05) is 31.2 Å². The monoisotopic (exact) mass is 486 g/mol. The Labute approximate surface area is 207 Å². The van der Waals surface area contributed by atoms with Crippen LogP contribution >= 0.6 is 23.4 Å². The lowest BCUT2D eigenvalue weighted by molar-refractivity contribution is -0.139. The predicted molar refractivity (Wildman–Crippen MR) is 139 cm³/mol. The number of aryl methyl sites for hydroxylation is 2. The van der Waals surface area contributed by atoms with Gasteiger partial charge in [-0.2, -0.15) is 0 Å². The van der Waals surface area contributed by atoms with Crippen LogP contribution in [0.4, 0.5) is 0 Å². The Balaban J connectivity index is 1.66. The molecule has 0 aliphatic heterocycles. The van der Waals surface area contributed by atoms with Gasteiger partial charge in [0, 0.05) is 23.4 Å². The van der Waals surface area contributed by atoms with Crippen LogP contribution in [0.15, 0.2) is 42.5 Å². The van der Waals surface area contributed by atoms with Gasteiger partial charge in [-0.25, -0.2) is 0 Å². The topological polar surface area (TPSA) is 49.4 Å². The maximum atomic E-state index is 13.3. The second-order valence-corrected chi connectivity index (χ2v) is 10.6. The van der Waals surface area contributed by atoms with Gasteiger partial charge in [0.25, 0.3) is 0 Å². The number of carbonyl (C=O) groups is 2. The number of halogens is 1. The van der Waals surface area contributed by atoms with Gasteiger partial charge in [0.15, 0.2) is 0 Å². The molecule has 1 aliphatic rings. The maximum Gasteiger partial charge on any atom is 0.242 e. The van der Waals surface area contributed by atoms with E-state index in [1.54, 1.807) is 16.7 Å². The fourth-order valence-corrected chi connectivity index (χ4v) is 5.53. The summed E-state index contributed by atoms with van der Waals surface area (Å²) in [6, 6.07) is 13.6. The molecule has 6 heteroatoms. The van der Waals surface area contributed by atoms with E-state index in [2.05, 4.69) is 37.4 Å². The number of hydrogen-bond acceptors (Lipinski definition) is 3. The van der Waals surface area contributed by atoms with E-state index < -0.39 is 6.04 Å². The number of thioether (sulfide) groups is 1. The fraction of sp³-hybridized carbons (Fsp3) is 0.481. The summed E-state index contributed by atoms with van der Waals surface area (Å²) in [6.07, 6.45) is 5.58. The Hall–Kier alpha value is -1.98. The SMILES string of the molecule is Cc1cc(C)cc(CSCC(=O)N(Cc2cccc(Cl)c2)C(C)C(=O)NC2CCCCC2)c1. The van der Waals surface area contributed by atoms with Gasteiger partial charge in [0.2, 0.25) is 11.8 Å². The first-order valence-electron chi connectivity index (χ1n) is 11.8. The van der Waals surface area contributed by atoms with Crippen LogP contribution < -0.4 is 5.32 Å². The molecule has 0 heterocycles. The molecule has 2 amide bonds. The normalized spacial score (nSPS) is 15.2. The van der Waals surface area contributed by atoms with Crippen molar-refractivity contribution in [2.24, 2.45) is 0 Å². The second-order valence-electron chi connectivity index (χ2n) is 9.16. The average molecular weight is 487 g/mol.